The van der Waals surface area contributed by atoms with Crippen LogP contribution in [-0.4, -0.2) is 38.8 Å². The second-order valence-electron chi connectivity index (χ2n) is 5.50. The SMILES string of the molecule is Cc1cc(=O)[nH]c2[nH]nc(OC(=O)N3CCCCC3C)c12. The van der Waals surface area contributed by atoms with Crippen LogP contribution in [0.15, 0.2) is 10.9 Å². The summed E-state index contributed by atoms with van der Waals surface area (Å²) in [5.41, 5.74) is 0.970. The van der Waals surface area contributed by atoms with E-state index in [-0.39, 0.29) is 23.6 Å². The molecule has 1 aliphatic rings. The van der Waals surface area contributed by atoms with Crippen LogP contribution in [0.1, 0.15) is 31.7 Å². The summed E-state index contributed by atoms with van der Waals surface area (Å²) in [4.78, 5) is 28.0. The van der Waals surface area contributed by atoms with Crippen molar-refractivity contribution in [3.63, 3.8) is 0 Å². The maximum atomic E-state index is 12.3. The molecule has 7 nitrogen and oxygen atoms in total. The number of amides is 1. The molecule has 3 rings (SSSR count). The summed E-state index contributed by atoms with van der Waals surface area (Å²) in [6.45, 7) is 4.51. The topological polar surface area (TPSA) is 91.1 Å². The summed E-state index contributed by atoms with van der Waals surface area (Å²) in [5, 5.41) is 7.31. The molecule has 2 aromatic heterocycles. The van der Waals surface area contributed by atoms with Crippen LogP contribution in [0.25, 0.3) is 11.0 Å². The number of piperidine rings is 1. The van der Waals surface area contributed by atoms with Crippen molar-refractivity contribution in [3.05, 3.63) is 22.0 Å². The summed E-state index contributed by atoms with van der Waals surface area (Å²) in [7, 11) is 0. The minimum Gasteiger partial charge on any atom is -0.389 e. The highest BCUT2D eigenvalue weighted by molar-refractivity contribution is 5.86. The molecule has 2 N–H and O–H groups in total. The van der Waals surface area contributed by atoms with Gasteiger partial charge in [-0.1, -0.05) is 0 Å². The first-order chi connectivity index (χ1) is 10.1. The van der Waals surface area contributed by atoms with Crippen LogP contribution in [0.4, 0.5) is 4.79 Å². The molecule has 3 heterocycles. The Morgan fingerprint density at radius 2 is 2.29 bits per heavy atom. The Bertz CT molecular complexity index is 733. The number of carbonyl (C=O) groups excluding carboxylic acids is 1. The van der Waals surface area contributed by atoms with Gasteiger partial charge in [0.05, 0.1) is 5.39 Å². The number of aromatic amines is 2. The number of aryl methyl sites for hydroxylation is 1. The average Bonchev–Trinajstić information content (AvgIpc) is 2.82. The van der Waals surface area contributed by atoms with E-state index in [0.29, 0.717) is 17.6 Å². The molecule has 7 heteroatoms. The molecule has 1 unspecified atom stereocenters. The van der Waals surface area contributed by atoms with E-state index in [1.54, 1.807) is 11.8 Å². The molecule has 0 radical (unpaired) electrons. The van der Waals surface area contributed by atoms with Gasteiger partial charge in [0.25, 0.3) is 5.88 Å². The zero-order chi connectivity index (χ0) is 15.0. The lowest BCUT2D eigenvalue weighted by atomic mass is 10.0. The molecule has 1 atom stereocenters. The summed E-state index contributed by atoms with van der Waals surface area (Å²) in [5.74, 6) is 0.210. The number of hydrogen-bond donors (Lipinski definition) is 2. The van der Waals surface area contributed by atoms with Gasteiger partial charge in [-0.05, 0) is 38.7 Å². The second-order valence-corrected chi connectivity index (χ2v) is 5.50. The number of aromatic nitrogens is 3. The molecule has 112 valence electrons. The molecule has 1 saturated heterocycles. The van der Waals surface area contributed by atoms with Gasteiger partial charge in [-0.3, -0.25) is 9.89 Å². The number of pyridine rings is 1. The monoisotopic (exact) mass is 290 g/mol. The number of nitrogens with zero attached hydrogens (tertiary/aromatic N) is 2. The van der Waals surface area contributed by atoms with Crippen molar-refractivity contribution in [1.29, 1.82) is 0 Å². The number of H-pyrrole nitrogens is 2. The molecule has 0 spiro atoms. The Morgan fingerprint density at radius 3 is 3.05 bits per heavy atom. The van der Waals surface area contributed by atoms with E-state index in [2.05, 4.69) is 15.2 Å². The number of likely N-dealkylation sites (tertiary alicyclic amines) is 1. The molecule has 21 heavy (non-hydrogen) atoms. The molecule has 0 saturated carbocycles. The number of fused-ring (bicyclic) bond motifs is 1. The first-order valence-electron chi connectivity index (χ1n) is 7.12. The van der Waals surface area contributed by atoms with Crippen molar-refractivity contribution in [2.24, 2.45) is 0 Å². The lowest BCUT2D eigenvalue weighted by Gasteiger charge is -2.32. The standard InChI is InChI=1S/C14H18N4O3/c1-8-7-10(19)15-12-11(8)13(17-16-12)21-14(20)18-6-4-3-5-9(18)2/h7,9H,3-6H2,1-2H3,(H2,15,16,17,19). The first kappa shape index (κ1) is 13.7. The van der Waals surface area contributed by atoms with Crippen molar-refractivity contribution in [1.82, 2.24) is 20.1 Å². The predicted molar refractivity (Wildman–Crippen MR) is 77.5 cm³/mol. The largest absolute Gasteiger partial charge is 0.416 e. The van der Waals surface area contributed by atoms with Gasteiger partial charge in [0.15, 0.2) is 0 Å². The van der Waals surface area contributed by atoms with Crippen LogP contribution < -0.4 is 10.3 Å². The van der Waals surface area contributed by atoms with Crippen molar-refractivity contribution in [3.8, 4) is 5.88 Å². The number of hydrogen-bond acceptors (Lipinski definition) is 4. The quantitative estimate of drug-likeness (QED) is 0.839. The number of ether oxygens (including phenoxy) is 1. The van der Waals surface area contributed by atoms with E-state index in [1.165, 1.54) is 6.07 Å². The maximum absolute atomic E-state index is 12.3. The normalized spacial score (nSPS) is 19.0. The van der Waals surface area contributed by atoms with Crippen molar-refractivity contribution >= 4 is 17.1 Å². The van der Waals surface area contributed by atoms with Crippen LogP contribution in [0.5, 0.6) is 5.88 Å². The minimum absolute atomic E-state index is 0.178. The third-order valence-corrected chi connectivity index (χ3v) is 3.94. The Labute approximate surface area is 121 Å². The Morgan fingerprint density at radius 1 is 1.48 bits per heavy atom. The van der Waals surface area contributed by atoms with Gasteiger partial charge in [-0.15, -0.1) is 5.10 Å². The smallest absolute Gasteiger partial charge is 0.389 e. The average molecular weight is 290 g/mol. The van der Waals surface area contributed by atoms with Crippen LogP contribution in [-0.2, 0) is 0 Å². The Balaban J connectivity index is 1.88. The van der Waals surface area contributed by atoms with E-state index in [0.717, 1.165) is 24.8 Å². The molecular weight excluding hydrogens is 272 g/mol. The summed E-state index contributed by atoms with van der Waals surface area (Å²) >= 11 is 0. The van der Waals surface area contributed by atoms with E-state index in [1.807, 2.05) is 6.92 Å². The second kappa shape index (κ2) is 5.23. The molecule has 2 aromatic rings. The van der Waals surface area contributed by atoms with Crippen LogP contribution in [0.2, 0.25) is 0 Å². The van der Waals surface area contributed by atoms with E-state index < -0.39 is 0 Å². The number of rotatable bonds is 1. The van der Waals surface area contributed by atoms with Crippen LogP contribution in [0, 0.1) is 6.92 Å². The highest BCUT2D eigenvalue weighted by atomic mass is 16.6. The minimum atomic E-state index is -0.388. The molecule has 0 aromatic carbocycles. The van der Waals surface area contributed by atoms with Crippen molar-refractivity contribution in [2.75, 3.05) is 6.54 Å². The van der Waals surface area contributed by atoms with Gasteiger partial charge < -0.3 is 14.6 Å². The van der Waals surface area contributed by atoms with Crippen LogP contribution >= 0.6 is 0 Å². The predicted octanol–water partition coefficient (Wildman–Crippen LogP) is 1.93. The van der Waals surface area contributed by atoms with Crippen molar-refractivity contribution in [2.45, 2.75) is 39.2 Å². The first-order valence-corrected chi connectivity index (χ1v) is 7.12. The lowest BCUT2D eigenvalue weighted by Crippen LogP contribution is -2.43. The van der Waals surface area contributed by atoms with Crippen LogP contribution in [0.3, 0.4) is 0 Å². The van der Waals surface area contributed by atoms with E-state index in [4.69, 9.17) is 4.74 Å². The third kappa shape index (κ3) is 2.51. The van der Waals surface area contributed by atoms with Gasteiger partial charge in [0, 0.05) is 18.7 Å². The Kier molecular flexibility index (Phi) is 3.40. The van der Waals surface area contributed by atoms with Gasteiger partial charge >= 0.3 is 6.09 Å². The fourth-order valence-electron chi connectivity index (χ4n) is 2.79. The van der Waals surface area contributed by atoms with Gasteiger partial charge in [0.1, 0.15) is 5.65 Å². The number of carbonyl (C=O) groups is 1. The highest BCUT2D eigenvalue weighted by Gasteiger charge is 2.26. The highest BCUT2D eigenvalue weighted by Crippen LogP contribution is 2.25. The molecule has 1 amide bonds. The molecular formula is C14H18N4O3. The fourth-order valence-corrected chi connectivity index (χ4v) is 2.79. The summed E-state index contributed by atoms with van der Waals surface area (Å²) in [6.07, 6.45) is 2.73. The molecule has 0 aliphatic carbocycles. The third-order valence-electron chi connectivity index (χ3n) is 3.94. The zero-order valence-electron chi connectivity index (χ0n) is 12.1. The summed E-state index contributed by atoms with van der Waals surface area (Å²) in [6, 6.07) is 1.64. The molecule has 0 bridgehead atoms. The van der Waals surface area contributed by atoms with Gasteiger partial charge in [0.2, 0.25) is 5.56 Å². The van der Waals surface area contributed by atoms with Gasteiger partial charge in [-0.25, -0.2) is 4.79 Å². The van der Waals surface area contributed by atoms with E-state index >= 15 is 0 Å². The maximum Gasteiger partial charge on any atom is 0.416 e. The Hall–Kier alpha value is -2.31. The summed E-state index contributed by atoms with van der Waals surface area (Å²) < 4.78 is 5.42. The van der Waals surface area contributed by atoms with Crippen molar-refractivity contribution < 1.29 is 9.53 Å². The van der Waals surface area contributed by atoms with Gasteiger partial charge in [-0.2, -0.15) is 0 Å². The molecule has 1 aliphatic heterocycles. The zero-order valence-corrected chi connectivity index (χ0v) is 12.1. The lowest BCUT2D eigenvalue weighted by molar-refractivity contribution is 0.117. The number of nitrogens with one attached hydrogen (secondary N) is 2. The van der Waals surface area contributed by atoms with E-state index in [9.17, 15) is 9.59 Å². The molecule has 1 fully saturated rings. The fraction of sp³-hybridized carbons (Fsp3) is 0.500.